The summed E-state index contributed by atoms with van der Waals surface area (Å²) in [5.74, 6) is 0.991. The molecule has 1 aliphatic carbocycles. The fourth-order valence-corrected chi connectivity index (χ4v) is 2.98. The Morgan fingerprint density at radius 1 is 1.26 bits per heavy atom. The van der Waals surface area contributed by atoms with Gasteiger partial charge in [-0.25, -0.2) is 0 Å². The molecule has 0 unspecified atom stereocenters. The van der Waals surface area contributed by atoms with Crippen LogP contribution in [-0.4, -0.2) is 18.4 Å². The molecule has 1 fully saturated rings. The highest BCUT2D eigenvalue weighted by atomic mass is 16.5. The van der Waals surface area contributed by atoms with Crippen LogP contribution in [0.25, 0.3) is 0 Å². The number of carbonyl (C=O) groups excluding carboxylic acids is 1. The van der Waals surface area contributed by atoms with Crippen molar-refractivity contribution < 1.29 is 9.53 Å². The van der Waals surface area contributed by atoms with Crippen LogP contribution in [0.15, 0.2) is 12.1 Å². The van der Waals surface area contributed by atoms with Crippen LogP contribution in [0.5, 0.6) is 5.75 Å². The van der Waals surface area contributed by atoms with Crippen LogP contribution >= 0.6 is 0 Å². The van der Waals surface area contributed by atoms with Crippen molar-refractivity contribution in [2.75, 3.05) is 7.11 Å². The standard InChI is InChI=1S/C16H23NO2/c1-11-9-15(19-3)12(2)8-13(11)14(18)10-16(17)6-4-5-7-16/h8-9H,4-7,10,17H2,1-3H3. The molecule has 3 heteroatoms. The summed E-state index contributed by atoms with van der Waals surface area (Å²) in [6.07, 6.45) is 4.67. The van der Waals surface area contributed by atoms with E-state index in [4.69, 9.17) is 10.5 Å². The van der Waals surface area contributed by atoms with Gasteiger partial charge in [-0.3, -0.25) is 4.79 Å². The van der Waals surface area contributed by atoms with E-state index in [0.717, 1.165) is 48.1 Å². The minimum atomic E-state index is -0.280. The van der Waals surface area contributed by atoms with Crippen LogP contribution in [0.4, 0.5) is 0 Å². The molecule has 0 heterocycles. The summed E-state index contributed by atoms with van der Waals surface area (Å²) in [5.41, 5.74) is 8.76. The smallest absolute Gasteiger partial charge is 0.164 e. The minimum absolute atomic E-state index is 0.160. The lowest BCUT2D eigenvalue weighted by molar-refractivity contribution is 0.0951. The number of carbonyl (C=O) groups is 1. The number of methoxy groups -OCH3 is 1. The molecule has 0 radical (unpaired) electrons. The molecule has 1 saturated carbocycles. The van der Waals surface area contributed by atoms with Crippen molar-refractivity contribution in [3.63, 3.8) is 0 Å². The van der Waals surface area contributed by atoms with Crippen molar-refractivity contribution in [2.45, 2.75) is 51.5 Å². The topological polar surface area (TPSA) is 52.3 Å². The highest BCUT2D eigenvalue weighted by Gasteiger charge is 2.32. The van der Waals surface area contributed by atoms with Crippen molar-refractivity contribution in [1.82, 2.24) is 0 Å². The molecule has 0 atom stereocenters. The summed E-state index contributed by atoms with van der Waals surface area (Å²) in [6.45, 7) is 3.91. The van der Waals surface area contributed by atoms with E-state index in [1.54, 1.807) is 7.11 Å². The maximum absolute atomic E-state index is 12.5. The first-order valence-electron chi connectivity index (χ1n) is 6.92. The molecule has 1 aliphatic rings. The van der Waals surface area contributed by atoms with E-state index >= 15 is 0 Å². The number of hydrogen-bond donors (Lipinski definition) is 1. The van der Waals surface area contributed by atoms with Crippen LogP contribution in [0.1, 0.15) is 53.6 Å². The lowest BCUT2D eigenvalue weighted by atomic mass is 9.88. The Labute approximate surface area is 115 Å². The molecule has 2 N–H and O–H groups in total. The van der Waals surface area contributed by atoms with Gasteiger partial charge < -0.3 is 10.5 Å². The van der Waals surface area contributed by atoms with E-state index in [9.17, 15) is 4.79 Å². The predicted molar refractivity (Wildman–Crippen MR) is 76.8 cm³/mol. The minimum Gasteiger partial charge on any atom is -0.496 e. The van der Waals surface area contributed by atoms with Crippen LogP contribution < -0.4 is 10.5 Å². The molecule has 0 bridgehead atoms. The number of benzene rings is 1. The fourth-order valence-electron chi connectivity index (χ4n) is 2.98. The Balaban J connectivity index is 2.21. The fraction of sp³-hybridized carbons (Fsp3) is 0.562. The summed E-state index contributed by atoms with van der Waals surface area (Å²) >= 11 is 0. The summed E-state index contributed by atoms with van der Waals surface area (Å²) in [5, 5.41) is 0. The van der Waals surface area contributed by atoms with Gasteiger partial charge in [0.1, 0.15) is 5.75 Å². The molecule has 3 nitrogen and oxygen atoms in total. The number of ether oxygens (including phenoxy) is 1. The van der Waals surface area contributed by atoms with Gasteiger partial charge in [0.25, 0.3) is 0 Å². The van der Waals surface area contributed by atoms with Crippen molar-refractivity contribution >= 4 is 5.78 Å². The van der Waals surface area contributed by atoms with Crippen LogP contribution in [0.2, 0.25) is 0 Å². The molecule has 104 valence electrons. The third kappa shape index (κ3) is 2.98. The molecule has 1 aromatic carbocycles. The van der Waals surface area contributed by atoms with E-state index in [1.807, 2.05) is 26.0 Å². The first-order valence-corrected chi connectivity index (χ1v) is 6.92. The van der Waals surface area contributed by atoms with Gasteiger partial charge in [-0.15, -0.1) is 0 Å². The zero-order chi connectivity index (χ0) is 14.0. The Morgan fingerprint density at radius 2 is 1.89 bits per heavy atom. The number of nitrogens with two attached hydrogens (primary N) is 1. The summed E-state index contributed by atoms with van der Waals surface area (Å²) in [7, 11) is 1.65. The van der Waals surface area contributed by atoms with Gasteiger partial charge in [0.05, 0.1) is 7.11 Å². The number of hydrogen-bond acceptors (Lipinski definition) is 3. The summed E-state index contributed by atoms with van der Waals surface area (Å²) < 4.78 is 5.28. The average molecular weight is 261 g/mol. The van der Waals surface area contributed by atoms with Gasteiger partial charge in [0.15, 0.2) is 5.78 Å². The third-order valence-corrected chi connectivity index (χ3v) is 4.15. The van der Waals surface area contributed by atoms with E-state index in [2.05, 4.69) is 0 Å². The normalized spacial score (nSPS) is 17.5. The highest BCUT2D eigenvalue weighted by molar-refractivity contribution is 5.98. The monoisotopic (exact) mass is 261 g/mol. The van der Waals surface area contributed by atoms with E-state index < -0.39 is 0 Å². The van der Waals surface area contributed by atoms with Crippen molar-refractivity contribution in [3.8, 4) is 5.75 Å². The molecule has 1 aromatic rings. The lowest BCUT2D eigenvalue weighted by Gasteiger charge is -2.23. The van der Waals surface area contributed by atoms with Gasteiger partial charge in [0.2, 0.25) is 0 Å². The number of aryl methyl sites for hydroxylation is 2. The maximum atomic E-state index is 12.5. The molecule has 0 saturated heterocycles. The van der Waals surface area contributed by atoms with Crippen LogP contribution in [0.3, 0.4) is 0 Å². The van der Waals surface area contributed by atoms with E-state index in [1.165, 1.54) is 0 Å². The molecule has 0 aliphatic heterocycles. The first kappa shape index (κ1) is 14.1. The second-order valence-corrected chi connectivity index (χ2v) is 5.81. The second kappa shape index (κ2) is 5.33. The van der Waals surface area contributed by atoms with E-state index in [-0.39, 0.29) is 11.3 Å². The second-order valence-electron chi connectivity index (χ2n) is 5.81. The first-order chi connectivity index (χ1) is 8.95. The van der Waals surface area contributed by atoms with E-state index in [0.29, 0.717) is 6.42 Å². The maximum Gasteiger partial charge on any atom is 0.164 e. The Hall–Kier alpha value is -1.35. The largest absolute Gasteiger partial charge is 0.496 e. The molecular formula is C16H23NO2. The van der Waals surface area contributed by atoms with Crippen LogP contribution in [-0.2, 0) is 0 Å². The van der Waals surface area contributed by atoms with Gasteiger partial charge in [-0.1, -0.05) is 12.8 Å². The van der Waals surface area contributed by atoms with Gasteiger partial charge in [-0.2, -0.15) is 0 Å². The quantitative estimate of drug-likeness (QED) is 0.847. The average Bonchev–Trinajstić information content (AvgIpc) is 2.78. The Kier molecular flexibility index (Phi) is 3.95. The number of ketones is 1. The third-order valence-electron chi connectivity index (χ3n) is 4.15. The molecule has 0 amide bonds. The summed E-state index contributed by atoms with van der Waals surface area (Å²) in [4.78, 5) is 12.5. The lowest BCUT2D eigenvalue weighted by Crippen LogP contribution is -2.38. The molecule has 0 spiro atoms. The van der Waals surface area contributed by atoms with Gasteiger partial charge >= 0.3 is 0 Å². The van der Waals surface area contributed by atoms with Crippen molar-refractivity contribution in [2.24, 2.45) is 5.73 Å². The molecule has 0 aromatic heterocycles. The van der Waals surface area contributed by atoms with Crippen molar-refractivity contribution in [3.05, 3.63) is 28.8 Å². The summed E-state index contributed by atoms with van der Waals surface area (Å²) in [6, 6.07) is 3.86. The van der Waals surface area contributed by atoms with Gasteiger partial charge in [-0.05, 0) is 49.9 Å². The Morgan fingerprint density at radius 3 is 2.47 bits per heavy atom. The molecular weight excluding hydrogens is 238 g/mol. The molecule has 2 rings (SSSR count). The SMILES string of the molecule is COc1cc(C)c(C(=O)CC2(N)CCCC2)cc1C. The number of rotatable bonds is 4. The Bertz CT molecular complexity index is 488. The molecule has 19 heavy (non-hydrogen) atoms. The predicted octanol–water partition coefficient (Wildman–Crippen LogP) is 3.16. The zero-order valence-corrected chi connectivity index (χ0v) is 12.1. The number of Topliss-reactive ketones (excluding diaryl/α,β-unsaturated/α-hetero) is 1. The van der Waals surface area contributed by atoms with Gasteiger partial charge in [0, 0.05) is 17.5 Å². The highest BCUT2D eigenvalue weighted by Crippen LogP contribution is 2.32. The van der Waals surface area contributed by atoms with Crippen LogP contribution in [0, 0.1) is 13.8 Å². The van der Waals surface area contributed by atoms with Crippen molar-refractivity contribution in [1.29, 1.82) is 0 Å². The zero-order valence-electron chi connectivity index (χ0n) is 12.1.